The molecule has 6 aromatic rings. The molecule has 0 radical (unpaired) electrons. The Labute approximate surface area is 170 Å². The third kappa shape index (κ3) is 2.47. The number of hydrogen-bond acceptors (Lipinski definition) is 6. The van der Waals surface area contributed by atoms with Crippen molar-refractivity contribution in [1.29, 1.82) is 0 Å². The Morgan fingerprint density at radius 2 is 1.00 bits per heavy atom. The Morgan fingerprint density at radius 1 is 0.533 bits per heavy atom. The standard InChI is InChI=1S/C22H14N8/c1-3-7-17(29-13-27-21-19(29)9-23-11-25-21)15(5-1)16-6-2-4-8-18(16)30-14-28-22-20(30)10-24-12-26-22/h1-14H. The van der Waals surface area contributed by atoms with Crippen LogP contribution >= 0.6 is 0 Å². The quantitative estimate of drug-likeness (QED) is 0.459. The fourth-order valence-electron chi connectivity index (χ4n) is 3.73. The van der Waals surface area contributed by atoms with Crippen LogP contribution in [0.1, 0.15) is 0 Å². The van der Waals surface area contributed by atoms with Gasteiger partial charge in [0, 0.05) is 11.1 Å². The summed E-state index contributed by atoms with van der Waals surface area (Å²) >= 11 is 0. The van der Waals surface area contributed by atoms with Crippen LogP contribution in [0.4, 0.5) is 0 Å². The fourth-order valence-corrected chi connectivity index (χ4v) is 3.73. The molecule has 0 atom stereocenters. The highest BCUT2D eigenvalue weighted by Gasteiger charge is 2.15. The second kappa shape index (κ2) is 6.56. The molecule has 4 aromatic heterocycles. The summed E-state index contributed by atoms with van der Waals surface area (Å²) in [6.45, 7) is 0. The van der Waals surface area contributed by atoms with Gasteiger partial charge in [-0.25, -0.2) is 29.9 Å². The number of imidazole rings is 2. The number of nitrogens with zero attached hydrogens (tertiary/aromatic N) is 8. The molecule has 0 aliphatic rings. The molecule has 8 nitrogen and oxygen atoms in total. The van der Waals surface area contributed by atoms with E-state index in [-0.39, 0.29) is 0 Å². The van der Waals surface area contributed by atoms with Gasteiger partial charge < -0.3 is 0 Å². The van der Waals surface area contributed by atoms with Crippen LogP contribution in [0.15, 0.2) is 86.2 Å². The average molecular weight is 390 g/mol. The maximum atomic E-state index is 4.42. The highest BCUT2D eigenvalue weighted by Crippen LogP contribution is 2.33. The number of rotatable bonds is 3. The van der Waals surface area contributed by atoms with E-state index in [1.165, 1.54) is 12.7 Å². The Balaban J connectivity index is 1.61. The number of para-hydroxylation sites is 2. The monoisotopic (exact) mass is 390 g/mol. The van der Waals surface area contributed by atoms with Crippen molar-refractivity contribution >= 4 is 22.3 Å². The summed E-state index contributed by atoms with van der Waals surface area (Å²) < 4.78 is 4.02. The summed E-state index contributed by atoms with van der Waals surface area (Å²) in [6, 6.07) is 16.4. The van der Waals surface area contributed by atoms with Crippen LogP contribution in [-0.2, 0) is 0 Å². The number of benzene rings is 2. The minimum atomic E-state index is 0.658. The smallest absolute Gasteiger partial charge is 0.181 e. The van der Waals surface area contributed by atoms with Gasteiger partial charge in [-0.1, -0.05) is 36.4 Å². The van der Waals surface area contributed by atoms with E-state index in [4.69, 9.17) is 0 Å². The molecule has 0 N–H and O–H groups in total. The molecule has 0 bridgehead atoms. The van der Waals surface area contributed by atoms with E-state index in [9.17, 15) is 0 Å². The van der Waals surface area contributed by atoms with Crippen LogP contribution in [0.5, 0.6) is 0 Å². The molecule has 6 rings (SSSR count). The lowest BCUT2D eigenvalue weighted by molar-refractivity contribution is 1.07. The van der Waals surface area contributed by atoms with E-state index in [0.29, 0.717) is 11.3 Å². The zero-order valence-electron chi connectivity index (χ0n) is 15.7. The molecule has 0 saturated carbocycles. The summed E-state index contributed by atoms with van der Waals surface area (Å²) in [5.41, 5.74) is 7.10. The first kappa shape index (κ1) is 16.5. The first-order valence-electron chi connectivity index (χ1n) is 9.35. The van der Waals surface area contributed by atoms with E-state index in [1.807, 2.05) is 33.4 Å². The van der Waals surface area contributed by atoms with Crippen LogP contribution in [-0.4, -0.2) is 39.0 Å². The van der Waals surface area contributed by atoms with E-state index < -0.39 is 0 Å². The third-order valence-corrected chi connectivity index (χ3v) is 5.07. The largest absolute Gasteiger partial charge is 0.295 e. The molecule has 0 aliphatic carbocycles. The molecule has 4 heterocycles. The molecule has 142 valence electrons. The second-order valence-electron chi connectivity index (χ2n) is 6.73. The van der Waals surface area contributed by atoms with Gasteiger partial charge in [0.05, 0.1) is 23.8 Å². The predicted octanol–water partition coefficient (Wildman–Crippen LogP) is 3.61. The van der Waals surface area contributed by atoms with Gasteiger partial charge >= 0.3 is 0 Å². The van der Waals surface area contributed by atoms with E-state index in [2.05, 4.69) is 54.2 Å². The maximum Gasteiger partial charge on any atom is 0.181 e. The number of fused-ring (bicyclic) bond motifs is 2. The molecule has 8 heteroatoms. The normalized spacial score (nSPS) is 11.3. The van der Waals surface area contributed by atoms with Crippen molar-refractivity contribution in [1.82, 2.24) is 39.0 Å². The molecular formula is C22H14N8. The Morgan fingerprint density at radius 3 is 1.50 bits per heavy atom. The third-order valence-electron chi connectivity index (χ3n) is 5.07. The minimum absolute atomic E-state index is 0.658. The van der Waals surface area contributed by atoms with Crippen LogP contribution in [0, 0.1) is 0 Å². The summed E-state index contributed by atoms with van der Waals surface area (Å²) in [4.78, 5) is 25.7. The zero-order valence-corrected chi connectivity index (χ0v) is 15.7. The first-order valence-corrected chi connectivity index (χ1v) is 9.35. The van der Waals surface area contributed by atoms with E-state index in [1.54, 1.807) is 25.0 Å². The lowest BCUT2D eigenvalue weighted by Crippen LogP contribution is -2.00. The lowest BCUT2D eigenvalue weighted by Gasteiger charge is -2.15. The van der Waals surface area contributed by atoms with Crippen molar-refractivity contribution in [2.75, 3.05) is 0 Å². The number of hydrogen-bond donors (Lipinski definition) is 0. The highest BCUT2D eigenvalue weighted by atomic mass is 15.1. The first-order chi connectivity index (χ1) is 14.9. The molecular weight excluding hydrogens is 376 g/mol. The Hall–Kier alpha value is -4.46. The van der Waals surface area contributed by atoms with Crippen molar-refractivity contribution in [3.05, 3.63) is 86.2 Å². The van der Waals surface area contributed by atoms with Crippen molar-refractivity contribution in [2.24, 2.45) is 0 Å². The highest BCUT2D eigenvalue weighted by molar-refractivity contribution is 5.84. The number of aromatic nitrogens is 8. The van der Waals surface area contributed by atoms with Gasteiger partial charge in [-0.15, -0.1) is 0 Å². The van der Waals surface area contributed by atoms with Gasteiger partial charge in [0.15, 0.2) is 11.3 Å². The second-order valence-corrected chi connectivity index (χ2v) is 6.73. The SMILES string of the molecule is c1ccc(-n2cnc3ncncc32)c(-c2ccccc2-n2cnc3ncncc32)c1. The molecule has 0 unspecified atom stereocenters. The Kier molecular flexibility index (Phi) is 3.60. The summed E-state index contributed by atoms with van der Waals surface area (Å²) in [5, 5.41) is 0. The van der Waals surface area contributed by atoms with Crippen LogP contribution in [0.2, 0.25) is 0 Å². The van der Waals surface area contributed by atoms with Crippen molar-refractivity contribution in [3.63, 3.8) is 0 Å². The topological polar surface area (TPSA) is 87.2 Å². The average Bonchev–Trinajstić information content (AvgIpc) is 3.44. The molecule has 0 fully saturated rings. The summed E-state index contributed by atoms with van der Waals surface area (Å²) in [6.07, 6.45) is 10.1. The molecule has 2 aromatic carbocycles. The lowest BCUT2D eigenvalue weighted by atomic mass is 10.0. The van der Waals surface area contributed by atoms with Crippen LogP contribution in [0.3, 0.4) is 0 Å². The fraction of sp³-hybridized carbons (Fsp3) is 0. The molecule has 0 saturated heterocycles. The molecule has 0 spiro atoms. The maximum absolute atomic E-state index is 4.42. The minimum Gasteiger partial charge on any atom is -0.295 e. The van der Waals surface area contributed by atoms with Gasteiger partial charge in [0.1, 0.15) is 36.3 Å². The van der Waals surface area contributed by atoms with Crippen LogP contribution in [0.25, 0.3) is 44.8 Å². The molecule has 0 amide bonds. The van der Waals surface area contributed by atoms with E-state index in [0.717, 1.165) is 33.5 Å². The summed E-state index contributed by atoms with van der Waals surface area (Å²) in [5.74, 6) is 0. The van der Waals surface area contributed by atoms with Crippen LogP contribution < -0.4 is 0 Å². The summed E-state index contributed by atoms with van der Waals surface area (Å²) in [7, 11) is 0. The van der Waals surface area contributed by atoms with Crippen molar-refractivity contribution in [2.45, 2.75) is 0 Å². The van der Waals surface area contributed by atoms with Crippen molar-refractivity contribution in [3.8, 4) is 22.5 Å². The van der Waals surface area contributed by atoms with Gasteiger partial charge in [-0.3, -0.25) is 9.13 Å². The zero-order chi connectivity index (χ0) is 19.9. The predicted molar refractivity (Wildman–Crippen MR) is 112 cm³/mol. The molecule has 30 heavy (non-hydrogen) atoms. The van der Waals surface area contributed by atoms with Crippen molar-refractivity contribution < 1.29 is 0 Å². The van der Waals surface area contributed by atoms with Gasteiger partial charge in [-0.05, 0) is 12.1 Å². The molecule has 0 aliphatic heterocycles. The Bertz CT molecular complexity index is 1400. The van der Waals surface area contributed by atoms with Gasteiger partial charge in [0.25, 0.3) is 0 Å². The van der Waals surface area contributed by atoms with Gasteiger partial charge in [-0.2, -0.15) is 0 Å². The van der Waals surface area contributed by atoms with Gasteiger partial charge in [0.2, 0.25) is 0 Å². The van der Waals surface area contributed by atoms with E-state index >= 15 is 0 Å².